The van der Waals surface area contributed by atoms with E-state index in [1.807, 2.05) is 41.9 Å². The van der Waals surface area contributed by atoms with Gasteiger partial charge in [0.05, 0.1) is 5.69 Å². The zero-order chi connectivity index (χ0) is 13.2. The lowest BCUT2D eigenvalue weighted by Gasteiger charge is -2.00. The van der Waals surface area contributed by atoms with Gasteiger partial charge >= 0.3 is 0 Å². The normalized spacial score (nSPS) is 10.6. The Morgan fingerprint density at radius 2 is 2.11 bits per heavy atom. The lowest BCUT2D eigenvalue weighted by atomic mass is 10.1. The minimum absolute atomic E-state index is 0.726. The van der Waals surface area contributed by atoms with Gasteiger partial charge < -0.3 is 0 Å². The van der Waals surface area contributed by atoms with Crippen LogP contribution in [-0.2, 0) is 0 Å². The Labute approximate surface area is 120 Å². The fourth-order valence-corrected chi connectivity index (χ4v) is 2.96. The first-order valence-electron chi connectivity index (χ1n) is 5.86. The van der Waals surface area contributed by atoms with Crippen LogP contribution in [0.1, 0.15) is 5.56 Å². The molecule has 2 nitrogen and oxygen atoms in total. The highest BCUT2D eigenvalue weighted by molar-refractivity contribution is 7.13. The minimum Gasteiger partial charge on any atom is -0.264 e. The summed E-state index contributed by atoms with van der Waals surface area (Å²) >= 11 is 7.63. The van der Waals surface area contributed by atoms with Gasteiger partial charge in [0.1, 0.15) is 5.01 Å². The first kappa shape index (κ1) is 12.3. The van der Waals surface area contributed by atoms with Crippen molar-refractivity contribution in [2.75, 3.05) is 0 Å². The number of thiazole rings is 1. The number of hydrogen-bond acceptors (Lipinski definition) is 3. The Balaban J connectivity index is 2.03. The van der Waals surface area contributed by atoms with Crippen LogP contribution < -0.4 is 0 Å². The minimum atomic E-state index is 0.726. The van der Waals surface area contributed by atoms with E-state index in [4.69, 9.17) is 11.6 Å². The molecule has 0 fully saturated rings. The average molecular weight is 287 g/mol. The van der Waals surface area contributed by atoms with Crippen LogP contribution in [0.3, 0.4) is 0 Å². The van der Waals surface area contributed by atoms with Crippen LogP contribution in [0, 0.1) is 6.92 Å². The van der Waals surface area contributed by atoms with Crippen LogP contribution in [0.5, 0.6) is 0 Å². The Bertz CT molecular complexity index is 721. The molecule has 2 aromatic heterocycles. The van der Waals surface area contributed by atoms with E-state index in [0.29, 0.717) is 0 Å². The highest BCUT2D eigenvalue weighted by Crippen LogP contribution is 2.30. The van der Waals surface area contributed by atoms with Crippen molar-refractivity contribution in [1.82, 2.24) is 9.97 Å². The molecule has 0 aliphatic heterocycles. The number of pyridine rings is 1. The summed E-state index contributed by atoms with van der Waals surface area (Å²) in [7, 11) is 0. The molecule has 0 aliphatic rings. The summed E-state index contributed by atoms with van der Waals surface area (Å²) in [4.78, 5) is 8.84. The maximum Gasteiger partial charge on any atom is 0.125 e. The molecule has 0 spiro atoms. The number of halogens is 1. The number of aryl methyl sites for hydroxylation is 1. The van der Waals surface area contributed by atoms with E-state index in [-0.39, 0.29) is 0 Å². The first-order chi connectivity index (χ1) is 9.24. The van der Waals surface area contributed by atoms with Crippen molar-refractivity contribution in [3.63, 3.8) is 0 Å². The first-order valence-corrected chi connectivity index (χ1v) is 7.12. The summed E-state index contributed by atoms with van der Waals surface area (Å²) in [5.74, 6) is 0. The van der Waals surface area contributed by atoms with Crippen LogP contribution in [-0.4, -0.2) is 9.97 Å². The van der Waals surface area contributed by atoms with Gasteiger partial charge in [0, 0.05) is 33.9 Å². The standard InChI is InChI=1S/C15H11ClN2S/c1-10-5-6-17-8-13(10)15-18-14(9-19-15)11-3-2-4-12(16)7-11/h2-9H,1H3. The van der Waals surface area contributed by atoms with Crippen LogP contribution in [0.4, 0.5) is 0 Å². The van der Waals surface area contributed by atoms with Gasteiger partial charge in [-0.05, 0) is 30.7 Å². The second-order valence-corrected chi connectivity index (χ2v) is 5.53. The zero-order valence-corrected chi connectivity index (χ0v) is 11.9. The predicted octanol–water partition coefficient (Wildman–Crippen LogP) is 4.83. The summed E-state index contributed by atoms with van der Waals surface area (Å²) < 4.78 is 0. The average Bonchev–Trinajstić information content (AvgIpc) is 2.89. The van der Waals surface area contributed by atoms with Crippen LogP contribution in [0.25, 0.3) is 21.8 Å². The highest BCUT2D eigenvalue weighted by Gasteiger charge is 2.09. The van der Waals surface area contributed by atoms with Crippen molar-refractivity contribution in [3.8, 4) is 21.8 Å². The number of hydrogen-bond donors (Lipinski definition) is 0. The molecular formula is C15H11ClN2S. The molecule has 1 aromatic carbocycles. The monoisotopic (exact) mass is 286 g/mol. The van der Waals surface area contributed by atoms with E-state index in [2.05, 4.69) is 16.9 Å². The molecule has 0 saturated heterocycles. The molecule has 0 amide bonds. The van der Waals surface area contributed by atoms with E-state index in [1.54, 1.807) is 17.5 Å². The maximum absolute atomic E-state index is 6.01. The summed E-state index contributed by atoms with van der Waals surface area (Å²) in [6.45, 7) is 2.07. The number of benzene rings is 1. The molecule has 3 rings (SSSR count). The number of rotatable bonds is 2. The molecule has 19 heavy (non-hydrogen) atoms. The smallest absolute Gasteiger partial charge is 0.125 e. The van der Waals surface area contributed by atoms with Gasteiger partial charge in [-0.3, -0.25) is 4.98 Å². The molecule has 0 radical (unpaired) electrons. The predicted molar refractivity (Wildman–Crippen MR) is 80.5 cm³/mol. The quantitative estimate of drug-likeness (QED) is 0.674. The van der Waals surface area contributed by atoms with Crippen molar-refractivity contribution in [2.45, 2.75) is 6.92 Å². The van der Waals surface area contributed by atoms with Gasteiger partial charge in [0.2, 0.25) is 0 Å². The van der Waals surface area contributed by atoms with E-state index < -0.39 is 0 Å². The number of aromatic nitrogens is 2. The molecule has 0 unspecified atom stereocenters. The van der Waals surface area contributed by atoms with E-state index in [9.17, 15) is 0 Å². The zero-order valence-electron chi connectivity index (χ0n) is 10.3. The molecule has 2 heterocycles. The van der Waals surface area contributed by atoms with Crippen molar-refractivity contribution in [2.24, 2.45) is 0 Å². The molecule has 0 bridgehead atoms. The van der Waals surface area contributed by atoms with Gasteiger partial charge in [-0.25, -0.2) is 4.98 Å². The van der Waals surface area contributed by atoms with Gasteiger partial charge in [0.15, 0.2) is 0 Å². The Morgan fingerprint density at radius 1 is 1.21 bits per heavy atom. The second-order valence-electron chi connectivity index (χ2n) is 4.24. The van der Waals surface area contributed by atoms with Crippen LogP contribution in [0.15, 0.2) is 48.1 Å². The molecule has 0 saturated carbocycles. The fourth-order valence-electron chi connectivity index (χ4n) is 1.87. The third-order valence-electron chi connectivity index (χ3n) is 2.89. The van der Waals surface area contributed by atoms with Crippen molar-refractivity contribution >= 4 is 22.9 Å². The summed E-state index contributed by atoms with van der Waals surface area (Å²) in [6.07, 6.45) is 3.65. The fraction of sp³-hybridized carbons (Fsp3) is 0.0667. The SMILES string of the molecule is Cc1ccncc1-c1nc(-c2cccc(Cl)c2)cs1. The third kappa shape index (κ3) is 2.53. The molecule has 0 aliphatic carbocycles. The Morgan fingerprint density at radius 3 is 2.89 bits per heavy atom. The largest absolute Gasteiger partial charge is 0.264 e. The molecule has 0 atom stereocenters. The van der Waals surface area contributed by atoms with Crippen LogP contribution in [0.2, 0.25) is 5.02 Å². The Hall–Kier alpha value is -1.71. The van der Waals surface area contributed by atoms with Gasteiger partial charge in [-0.2, -0.15) is 0 Å². The summed E-state index contributed by atoms with van der Waals surface area (Å²) in [5.41, 5.74) is 4.25. The highest BCUT2D eigenvalue weighted by atomic mass is 35.5. The molecule has 94 valence electrons. The van der Waals surface area contributed by atoms with Crippen LogP contribution >= 0.6 is 22.9 Å². The molecule has 3 aromatic rings. The van der Waals surface area contributed by atoms with Gasteiger partial charge in [-0.15, -0.1) is 11.3 Å². The summed E-state index contributed by atoms with van der Waals surface area (Å²) in [6, 6.07) is 9.74. The maximum atomic E-state index is 6.01. The molecule has 0 N–H and O–H groups in total. The van der Waals surface area contributed by atoms with Gasteiger partial charge in [0.25, 0.3) is 0 Å². The topological polar surface area (TPSA) is 25.8 Å². The van der Waals surface area contributed by atoms with Gasteiger partial charge in [-0.1, -0.05) is 23.7 Å². The molecule has 4 heteroatoms. The van der Waals surface area contributed by atoms with E-state index in [1.165, 1.54) is 5.56 Å². The van der Waals surface area contributed by atoms with Crippen molar-refractivity contribution in [3.05, 3.63) is 58.7 Å². The summed E-state index contributed by atoms with van der Waals surface area (Å²) in [5, 5.41) is 3.76. The van der Waals surface area contributed by atoms with E-state index in [0.717, 1.165) is 26.9 Å². The third-order valence-corrected chi connectivity index (χ3v) is 4.00. The molecular weight excluding hydrogens is 276 g/mol. The lowest BCUT2D eigenvalue weighted by molar-refractivity contribution is 1.27. The van der Waals surface area contributed by atoms with Crippen molar-refractivity contribution < 1.29 is 0 Å². The lowest BCUT2D eigenvalue weighted by Crippen LogP contribution is -1.84. The Kier molecular flexibility index (Phi) is 3.32. The second kappa shape index (κ2) is 5.11. The number of nitrogens with zero attached hydrogens (tertiary/aromatic N) is 2. The van der Waals surface area contributed by atoms with E-state index >= 15 is 0 Å². The van der Waals surface area contributed by atoms with Crippen molar-refractivity contribution in [1.29, 1.82) is 0 Å².